The maximum atomic E-state index is 8.89. The molecule has 21 heavy (non-hydrogen) atoms. The summed E-state index contributed by atoms with van der Waals surface area (Å²) in [5.74, 6) is 0.263. The van der Waals surface area contributed by atoms with E-state index in [1.807, 2.05) is 26.2 Å². The summed E-state index contributed by atoms with van der Waals surface area (Å²) in [6.45, 7) is 10.7. The second-order valence-corrected chi connectivity index (χ2v) is 6.18. The van der Waals surface area contributed by atoms with Crippen LogP contribution < -0.4 is 5.73 Å². The highest BCUT2D eigenvalue weighted by atomic mass is 16.4. The maximum absolute atomic E-state index is 8.89. The van der Waals surface area contributed by atoms with Gasteiger partial charge in [-0.3, -0.25) is 14.8 Å². The first-order chi connectivity index (χ1) is 9.93. The largest absolute Gasteiger partial charge is 0.409 e. The minimum absolute atomic E-state index is 0.263. The molecule has 1 aliphatic heterocycles. The van der Waals surface area contributed by atoms with Gasteiger partial charge in [0.25, 0.3) is 0 Å². The summed E-state index contributed by atoms with van der Waals surface area (Å²) in [5.41, 5.74) is 7.82. The summed E-state index contributed by atoms with van der Waals surface area (Å²) >= 11 is 0. The molecule has 6 heteroatoms. The van der Waals surface area contributed by atoms with Gasteiger partial charge in [0.05, 0.1) is 5.54 Å². The molecule has 0 amide bonds. The van der Waals surface area contributed by atoms with E-state index in [1.165, 1.54) is 11.1 Å². The minimum atomic E-state index is -0.411. The van der Waals surface area contributed by atoms with Gasteiger partial charge in [0, 0.05) is 45.1 Å². The number of amidine groups is 1. The van der Waals surface area contributed by atoms with Crippen molar-refractivity contribution in [2.75, 3.05) is 26.2 Å². The number of pyridine rings is 1. The van der Waals surface area contributed by atoms with Crippen LogP contribution in [0.15, 0.2) is 23.6 Å². The van der Waals surface area contributed by atoms with Crippen molar-refractivity contribution < 1.29 is 5.21 Å². The Morgan fingerprint density at radius 1 is 1.33 bits per heavy atom. The molecular formula is C15H25N5O. The van der Waals surface area contributed by atoms with Gasteiger partial charge in [0.1, 0.15) is 0 Å². The topological polar surface area (TPSA) is 78.0 Å². The van der Waals surface area contributed by atoms with Crippen LogP contribution in [-0.4, -0.2) is 57.5 Å². The number of nitrogens with zero attached hydrogens (tertiary/aromatic N) is 4. The van der Waals surface area contributed by atoms with Crippen molar-refractivity contribution in [3.05, 3.63) is 29.6 Å². The third kappa shape index (κ3) is 3.71. The lowest BCUT2D eigenvalue weighted by Gasteiger charge is -2.43. The lowest BCUT2D eigenvalue weighted by atomic mass is 10.00. The summed E-state index contributed by atoms with van der Waals surface area (Å²) in [5, 5.41) is 12.1. The van der Waals surface area contributed by atoms with E-state index in [9.17, 15) is 0 Å². The predicted octanol–water partition coefficient (Wildman–Crippen LogP) is 1.03. The lowest BCUT2D eigenvalue weighted by Crippen LogP contribution is -2.59. The van der Waals surface area contributed by atoms with E-state index in [2.05, 4.69) is 32.9 Å². The molecular weight excluding hydrogens is 266 g/mol. The molecule has 0 unspecified atom stereocenters. The van der Waals surface area contributed by atoms with Crippen LogP contribution in [0, 0.1) is 6.92 Å². The van der Waals surface area contributed by atoms with Gasteiger partial charge in [0.15, 0.2) is 5.84 Å². The van der Waals surface area contributed by atoms with Gasteiger partial charge < -0.3 is 10.9 Å². The zero-order chi connectivity index (χ0) is 15.5. The van der Waals surface area contributed by atoms with Crippen LogP contribution in [0.4, 0.5) is 0 Å². The van der Waals surface area contributed by atoms with Crippen LogP contribution in [0.3, 0.4) is 0 Å². The first-order valence-electron chi connectivity index (χ1n) is 7.29. The predicted molar refractivity (Wildman–Crippen MR) is 83.3 cm³/mol. The second kappa shape index (κ2) is 6.41. The summed E-state index contributed by atoms with van der Waals surface area (Å²) in [4.78, 5) is 8.91. The molecule has 1 fully saturated rings. The van der Waals surface area contributed by atoms with E-state index < -0.39 is 5.54 Å². The summed E-state index contributed by atoms with van der Waals surface area (Å²) in [6.07, 6.45) is 3.81. The molecule has 1 aromatic heterocycles. The quantitative estimate of drug-likeness (QED) is 0.375. The Kier molecular flexibility index (Phi) is 4.80. The maximum Gasteiger partial charge on any atom is 0.159 e. The fourth-order valence-corrected chi connectivity index (χ4v) is 2.71. The molecule has 0 atom stereocenters. The molecule has 116 valence electrons. The van der Waals surface area contributed by atoms with Crippen LogP contribution in [0.25, 0.3) is 0 Å². The zero-order valence-corrected chi connectivity index (χ0v) is 13.1. The molecule has 0 radical (unpaired) electrons. The fraction of sp³-hybridized carbons (Fsp3) is 0.600. The molecule has 0 saturated carbocycles. The molecule has 1 aliphatic rings. The van der Waals surface area contributed by atoms with E-state index in [0.717, 1.165) is 32.7 Å². The third-order valence-corrected chi connectivity index (χ3v) is 4.24. The van der Waals surface area contributed by atoms with Crippen LogP contribution >= 0.6 is 0 Å². The van der Waals surface area contributed by atoms with Gasteiger partial charge in [-0.05, 0) is 31.9 Å². The number of aromatic nitrogens is 1. The van der Waals surface area contributed by atoms with Crippen molar-refractivity contribution in [3.63, 3.8) is 0 Å². The standard InChI is InChI=1S/C15H25N5O/c1-12-8-13(10-17-9-12)11-19-4-6-20(7-5-19)15(2,3)14(16)18-21/h8-10,21H,4-7,11H2,1-3H3,(H2,16,18). The summed E-state index contributed by atoms with van der Waals surface area (Å²) in [7, 11) is 0. The van der Waals surface area contributed by atoms with Crippen LogP contribution in [0.1, 0.15) is 25.0 Å². The molecule has 2 rings (SSSR count). The Bertz CT molecular complexity index is 507. The Balaban J connectivity index is 1.92. The van der Waals surface area contributed by atoms with Gasteiger partial charge in [-0.2, -0.15) is 0 Å². The summed E-state index contributed by atoms with van der Waals surface area (Å²) < 4.78 is 0. The molecule has 1 aromatic rings. The van der Waals surface area contributed by atoms with Crippen molar-refractivity contribution >= 4 is 5.84 Å². The van der Waals surface area contributed by atoms with E-state index in [4.69, 9.17) is 10.9 Å². The fourth-order valence-electron chi connectivity index (χ4n) is 2.71. The van der Waals surface area contributed by atoms with E-state index in [1.54, 1.807) is 0 Å². The molecule has 0 bridgehead atoms. The van der Waals surface area contributed by atoms with E-state index >= 15 is 0 Å². The highest BCUT2D eigenvalue weighted by Gasteiger charge is 2.33. The Morgan fingerprint density at radius 3 is 2.57 bits per heavy atom. The Labute approximate surface area is 126 Å². The molecule has 0 aliphatic carbocycles. The van der Waals surface area contributed by atoms with Crippen molar-refractivity contribution in [3.8, 4) is 0 Å². The zero-order valence-electron chi connectivity index (χ0n) is 13.1. The van der Waals surface area contributed by atoms with Crippen molar-refractivity contribution in [1.29, 1.82) is 0 Å². The smallest absolute Gasteiger partial charge is 0.159 e. The second-order valence-electron chi connectivity index (χ2n) is 6.18. The number of hydrogen-bond acceptors (Lipinski definition) is 5. The highest BCUT2D eigenvalue weighted by Crippen LogP contribution is 2.18. The molecule has 6 nitrogen and oxygen atoms in total. The summed E-state index contributed by atoms with van der Waals surface area (Å²) in [6, 6.07) is 2.18. The molecule has 0 spiro atoms. The molecule has 1 saturated heterocycles. The average molecular weight is 291 g/mol. The van der Waals surface area contributed by atoms with Gasteiger partial charge in [-0.1, -0.05) is 11.2 Å². The van der Waals surface area contributed by atoms with Crippen molar-refractivity contribution in [2.24, 2.45) is 10.9 Å². The molecule has 3 N–H and O–H groups in total. The first kappa shape index (κ1) is 15.7. The lowest BCUT2D eigenvalue weighted by molar-refractivity contribution is 0.0793. The number of rotatable bonds is 4. The molecule has 2 heterocycles. The SMILES string of the molecule is Cc1cncc(CN2CCN(C(C)(C)/C(N)=N/O)CC2)c1. The van der Waals surface area contributed by atoms with Gasteiger partial charge in [-0.25, -0.2) is 0 Å². The Morgan fingerprint density at radius 2 is 2.00 bits per heavy atom. The number of oxime groups is 1. The van der Waals surface area contributed by atoms with Crippen LogP contribution in [0.2, 0.25) is 0 Å². The number of piperazine rings is 1. The number of aryl methyl sites for hydroxylation is 1. The molecule has 0 aromatic carbocycles. The number of hydrogen-bond donors (Lipinski definition) is 2. The minimum Gasteiger partial charge on any atom is -0.409 e. The Hall–Kier alpha value is -1.66. The van der Waals surface area contributed by atoms with Crippen molar-refractivity contribution in [1.82, 2.24) is 14.8 Å². The highest BCUT2D eigenvalue weighted by molar-refractivity contribution is 5.88. The normalized spacial score (nSPS) is 18.9. The monoisotopic (exact) mass is 291 g/mol. The van der Waals surface area contributed by atoms with Crippen molar-refractivity contribution in [2.45, 2.75) is 32.9 Å². The van der Waals surface area contributed by atoms with E-state index in [0.29, 0.717) is 0 Å². The van der Waals surface area contributed by atoms with E-state index in [-0.39, 0.29) is 5.84 Å². The van der Waals surface area contributed by atoms with Crippen LogP contribution in [-0.2, 0) is 6.54 Å². The van der Waals surface area contributed by atoms with Gasteiger partial charge in [0.2, 0.25) is 0 Å². The number of nitrogens with two attached hydrogens (primary N) is 1. The first-order valence-corrected chi connectivity index (χ1v) is 7.29. The third-order valence-electron chi connectivity index (χ3n) is 4.24. The van der Waals surface area contributed by atoms with Gasteiger partial charge in [-0.15, -0.1) is 0 Å². The van der Waals surface area contributed by atoms with Crippen LogP contribution in [0.5, 0.6) is 0 Å². The van der Waals surface area contributed by atoms with Gasteiger partial charge >= 0.3 is 0 Å². The average Bonchev–Trinajstić information content (AvgIpc) is 2.47.